The highest BCUT2D eigenvalue weighted by Gasteiger charge is 2.29. The van der Waals surface area contributed by atoms with Crippen LogP contribution >= 0.6 is 0 Å². The summed E-state index contributed by atoms with van der Waals surface area (Å²) in [5, 5.41) is 0. The summed E-state index contributed by atoms with van der Waals surface area (Å²) in [5.41, 5.74) is 5.88. The summed E-state index contributed by atoms with van der Waals surface area (Å²) in [6, 6.07) is 0.379. The number of hydrogen-bond acceptors (Lipinski definition) is 2. The van der Waals surface area contributed by atoms with Gasteiger partial charge in [-0.15, -0.1) is 0 Å². The Morgan fingerprint density at radius 1 is 1.50 bits per heavy atom. The first-order valence-electron chi connectivity index (χ1n) is 5.27. The minimum absolute atomic E-state index is 0.0687. The van der Waals surface area contributed by atoms with Crippen LogP contribution in [0, 0.1) is 0 Å². The van der Waals surface area contributed by atoms with Crippen LogP contribution in [-0.4, -0.2) is 48.6 Å². The van der Waals surface area contributed by atoms with Crippen LogP contribution in [0.1, 0.15) is 26.2 Å². The van der Waals surface area contributed by atoms with E-state index >= 15 is 0 Å². The molecule has 2 atom stereocenters. The molecule has 1 heterocycles. The summed E-state index contributed by atoms with van der Waals surface area (Å²) in [5.74, 6) is 0. The van der Waals surface area contributed by atoms with Crippen molar-refractivity contribution in [1.29, 1.82) is 0 Å². The molecular weight excluding hydrogens is 178 g/mol. The van der Waals surface area contributed by atoms with Gasteiger partial charge in [0.25, 0.3) is 0 Å². The molecule has 2 amide bonds. The van der Waals surface area contributed by atoms with E-state index in [1.807, 2.05) is 11.8 Å². The van der Waals surface area contributed by atoms with Crippen molar-refractivity contribution in [2.24, 2.45) is 5.73 Å². The van der Waals surface area contributed by atoms with Crippen molar-refractivity contribution in [3.63, 3.8) is 0 Å². The first-order valence-corrected chi connectivity index (χ1v) is 5.27. The lowest BCUT2D eigenvalue weighted by atomic mass is 9.97. The predicted molar refractivity (Wildman–Crippen MR) is 57.1 cm³/mol. The zero-order chi connectivity index (χ0) is 10.7. The monoisotopic (exact) mass is 199 g/mol. The van der Waals surface area contributed by atoms with Crippen molar-refractivity contribution in [1.82, 2.24) is 9.80 Å². The Bertz CT molecular complexity index is 204. The van der Waals surface area contributed by atoms with Gasteiger partial charge in [-0.2, -0.15) is 0 Å². The van der Waals surface area contributed by atoms with Crippen LogP contribution in [0.4, 0.5) is 4.79 Å². The summed E-state index contributed by atoms with van der Waals surface area (Å²) in [4.78, 5) is 15.3. The molecule has 0 aromatic carbocycles. The number of piperidine rings is 1. The van der Waals surface area contributed by atoms with E-state index in [4.69, 9.17) is 5.73 Å². The molecule has 0 aromatic rings. The Morgan fingerprint density at radius 3 is 2.64 bits per heavy atom. The van der Waals surface area contributed by atoms with Gasteiger partial charge in [-0.3, -0.25) is 0 Å². The van der Waals surface area contributed by atoms with Crippen molar-refractivity contribution >= 4 is 6.03 Å². The van der Waals surface area contributed by atoms with Gasteiger partial charge in [0.2, 0.25) is 0 Å². The number of carbonyl (C=O) groups excluding carboxylic acids is 1. The van der Waals surface area contributed by atoms with Gasteiger partial charge in [0, 0.05) is 32.7 Å². The highest BCUT2D eigenvalue weighted by atomic mass is 16.2. The maximum Gasteiger partial charge on any atom is 0.319 e. The van der Waals surface area contributed by atoms with Gasteiger partial charge in [-0.25, -0.2) is 4.79 Å². The number of rotatable bonds is 1. The first-order chi connectivity index (χ1) is 6.54. The summed E-state index contributed by atoms with van der Waals surface area (Å²) < 4.78 is 0. The van der Waals surface area contributed by atoms with Crippen LogP contribution < -0.4 is 5.73 Å². The van der Waals surface area contributed by atoms with E-state index < -0.39 is 0 Å². The number of nitrogens with zero attached hydrogens (tertiary/aromatic N) is 2. The Hall–Kier alpha value is -0.770. The number of carbonyl (C=O) groups is 1. The summed E-state index contributed by atoms with van der Waals surface area (Å²) in [6.45, 7) is 2.83. The second-order valence-corrected chi connectivity index (χ2v) is 4.29. The quantitative estimate of drug-likeness (QED) is 0.681. The average Bonchev–Trinajstić information content (AvgIpc) is 2.16. The van der Waals surface area contributed by atoms with E-state index in [-0.39, 0.29) is 18.1 Å². The molecule has 1 aliphatic rings. The molecule has 2 unspecified atom stereocenters. The minimum Gasteiger partial charge on any atom is -0.331 e. The number of likely N-dealkylation sites (tertiary alicyclic amines) is 1. The topological polar surface area (TPSA) is 49.6 Å². The smallest absolute Gasteiger partial charge is 0.319 e. The first kappa shape index (κ1) is 11.3. The van der Waals surface area contributed by atoms with Crippen molar-refractivity contribution < 1.29 is 4.79 Å². The van der Waals surface area contributed by atoms with Crippen LogP contribution in [0.3, 0.4) is 0 Å². The van der Waals surface area contributed by atoms with Gasteiger partial charge in [0.15, 0.2) is 0 Å². The minimum atomic E-state index is 0.0687. The van der Waals surface area contributed by atoms with Crippen molar-refractivity contribution in [2.45, 2.75) is 38.3 Å². The second-order valence-electron chi connectivity index (χ2n) is 4.29. The molecule has 0 bridgehead atoms. The summed E-state index contributed by atoms with van der Waals surface area (Å²) in [6.07, 6.45) is 3.32. The van der Waals surface area contributed by atoms with Gasteiger partial charge in [0.05, 0.1) is 0 Å². The van der Waals surface area contributed by atoms with Crippen molar-refractivity contribution in [3.05, 3.63) is 0 Å². The third-order valence-corrected chi connectivity index (χ3v) is 2.78. The van der Waals surface area contributed by atoms with E-state index in [0.717, 1.165) is 19.4 Å². The van der Waals surface area contributed by atoms with E-state index in [9.17, 15) is 4.79 Å². The van der Waals surface area contributed by atoms with E-state index in [1.165, 1.54) is 6.42 Å². The highest BCUT2D eigenvalue weighted by molar-refractivity contribution is 5.74. The Labute approximate surface area is 86.0 Å². The zero-order valence-corrected chi connectivity index (χ0v) is 9.36. The molecule has 1 saturated heterocycles. The molecule has 0 spiro atoms. The van der Waals surface area contributed by atoms with Crippen LogP contribution in [0.5, 0.6) is 0 Å². The zero-order valence-electron chi connectivity index (χ0n) is 9.36. The molecule has 0 saturated carbocycles. The van der Waals surface area contributed by atoms with Crippen LogP contribution in [0.15, 0.2) is 0 Å². The molecule has 4 heteroatoms. The summed E-state index contributed by atoms with van der Waals surface area (Å²) >= 11 is 0. The van der Waals surface area contributed by atoms with Crippen molar-refractivity contribution in [3.8, 4) is 0 Å². The molecule has 0 radical (unpaired) electrons. The van der Waals surface area contributed by atoms with Gasteiger partial charge in [0.1, 0.15) is 0 Å². The standard InChI is InChI=1S/C10H21N3O/c1-8(11)9-6-4-5-7-13(9)10(14)12(2)3/h8-9H,4-7,11H2,1-3H3. The maximum atomic E-state index is 11.8. The Balaban J connectivity index is 2.67. The Kier molecular flexibility index (Phi) is 3.75. The number of nitrogens with two attached hydrogens (primary N) is 1. The largest absolute Gasteiger partial charge is 0.331 e. The number of hydrogen-bond donors (Lipinski definition) is 1. The molecule has 14 heavy (non-hydrogen) atoms. The lowest BCUT2D eigenvalue weighted by Gasteiger charge is -2.39. The van der Waals surface area contributed by atoms with Gasteiger partial charge >= 0.3 is 6.03 Å². The second kappa shape index (κ2) is 4.64. The summed E-state index contributed by atoms with van der Waals surface area (Å²) in [7, 11) is 3.57. The van der Waals surface area contributed by atoms with Crippen LogP contribution in [0.2, 0.25) is 0 Å². The molecule has 0 aromatic heterocycles. The fraction of sp³-hybridized carbons (Fsp3) is 0.900. The lowest BCUT2D eigenvalue weighted by Crippen LogP contribution is -2.54. The Morgan fingerprint density at radius 2 is 2.14 bits per heavy atom. The number of amides is 2. The molecule has 1 aliphatic heterocycles. The van der Waals surface area contributed by atoms with Crippen molar-refractivity contribution in [2.75, 3.05) is 20.6 Å². The van der Waals surface area contributed by atoms with E-state index in [1.54, 1.807) is 19.0 Å². The molecule has 2 N–H and O–H groups in total. The van der Waals surface area contributed by atoms with Crippen LogP contribution in [-0.2, 0) is 0 Å². The lowest BCUT2D eigenvalue weighted by molar-refractivity contribution is 0.120. The third-order valence-electron chi connectivity index (χ3n) is 2.78. The normalized spacial score (nSPS) is 24.6. The molecule has 1 rings (SSSR count). The molecule has 1 fully saturated rings. The molecule has 82 valence electrons. The SMILES string of the molecule is CC(N)C1CCCCN1C(=O)N(C)C. The maximum absolute atomic E-state index is 11.8. The predicted octanol–water partition coefficient (Wildman–Crippen LogP) is 0.870. The fourth-order valence-corrected chi connectivity index (χ4v) is 2.00. The van der Waals surface area contributed by atoms with Gasteiger partial charge < -0.3 is 15.5 Å². The molecule has 4 nitrogen and oxygen atoms in total. The number of urea groups is 1. The van der Waals surface area contributed by atoms with E-state index in [0.29, 0.717) is 0 Å². The average molecular weight is 199 g/mol. The fourth-order valence-electron chi connectivity index (χ4n) is 2.00. The third kappa shape index (κ3) is 2.38. The van der Waals surface area contributed by atoms with Crippen LogP contribution in [0.25, 0.3) is 0 Å². The van der Waals surface area contributed by atoms with E-state index in [2.05, 4.69) is 0 Å². The molecule has 0 aliphatic carbocycles. The van der Waals surface area contributed by atoms with Gasteiger partial charge in [-0.05, 0) is 26.2 Å². The molecular formula is C10H21N3O. The van der Waals surface area contributed by atoms with Gasteiger partial charge in [-0.1, -0.05) is 0 Å². The highest BCUT2D eigenvalue weighted by Crippen LogP contribution is 2.19.